The van der Waals surface area contributed by atoms with E-state index >= 15 is 0 Å². The third-order valence-electron chi connectivity index (χ3n) is 4.64. The van der Waals surface area contributed by atoms with E-state index in [1.54, 1.807) is 0 Å². The molecule has 0 N–H and O–H groups in total. The second-order valence-corrected chi connectivity index (χ2v) is 7.73. The molecule has 0 saturated carbocycles. The van der Waals surface area contributed by atoms with Gasteiger partial charge in [-0.2, -0.15) is 0 Å². The Morgan fingerprint density at radius 1 is 1.00 bits per heavy atom. The molecule has 1 aliphatic heterocycles. The maximum absolute atomic E-state index is 6.10. The van der Waals surface area contributed by atoms with Gasteiger partial charge >= 0.3 is 0 Å². The van der Waals surface area contributed by atoms with E-state index in [1.807, 2.05) is 30.3 Å². The molecule has 0 spiro atoms. The van der Waals surface area contributed by atoms with Crippen LogP contribution in [0, 0.1) is 0 Å². The third-order valence-corrected chi connectivity index (χ3v) is 5.38. The van der Waals surface area contributed by atoms with Gasteiger partial charge in [0.25, 0.3) is 0 Å². The molecule has 0 bridgehead atoms. The van der Waals surface area contributed by atoms with Gasteiger partial charge in [0.05, 0.1) is 0 Å². The van der Waals surface area contributed by atoms with Gasteiger partial charge in [-0.05, 0) is 42.4 Å². The van der Waals surface area contributed by atoms with Gasteiger partial charge in [-0.15, -0.1) is 0 Å². The summed E-state index contributed by atoms with van der Waals surface area (Å²) in [6.07, 6.45) is 0. The van der Waals surface area contributed by atoms with Gasteiger partial charge in [-0.25, -0.2) is 0 Å². The molecule has 3 rings (SSSR count). The molecule has 2 aromatic rings. The van der Waals surface area contributed by atoms with Crippen molar-refractivity contribution in [2.24, 2.45) is 0 Å². The highest BCUT2D eigenvalue weighted by molar-refractivity contribution is 9.10. The van der Waals surface area contributed by atoms with E-state index < -0.39 is 0 Å². The monoisotopic (exact) mass is 422 g/mol. The molecule has 134 valence electrons. The topological polar surface area (TPSA) is 15.7 Å². The molecule has 0 radical (unpaired) electrons. The first kappa shape index (κ1) is 18.7. The van der Waals surface area contributed by atoms with Gasteiger partial charge in [0.15, 0.2) is 0 Å². The van der Waals surface area contributed by atoms with Crippen molar-refractivity contribution in [2.75, 3.05) is 32.7 Å². The molecule has 0 unspecified atom stereocenters. The predicted octanol–water partition coefficient (Wildman–Crippen LogP) is 4.82. The van der Waals surface area contributed by atoms with E-state index in [0.29, 0.717) is 6.61 Å². The van der Waals surface area contributed by atoms with Crippen molar-refractivity contribution in [3.63, 3.8) is 0 Å². The summed E-state index contributed by atoms with van der Waals surface area (Å²) in [6.45, 7) is 9.35. The molecular weight excluding hydrogens is 400 g/mol. The SMILES string of the molecule is CCN1CCN(Cc2cc(Br)ccc2OCc2ccc(Cl)cc2)CC1. The Hall–Kier alpha value is -1.07. The number of nitrogens with zero attached hydrogens (tertiary/aromatic N) is 2. The number of piperazine rings is 1. The van der Waals surface area contributed by atoms with Crippen LogP contribution in [0.25, 0.3) is 0 Å². The number of halogens is 2. The Bertz CT molecular complexity index is 685. The number of likely N-dealkylation sites (N-methyl/N-ethyl adjacent to an activating group) is 1. The van der Waals surface area contributed by atoms with E-state index in [-0.39, 0.29) is 0 Å². The highest BCUT2D eigenvalue weighted by Crippen LogP contribution is 2.26. The Morgan fingerprint density at radius 3 is 2.36 bits per heavy atom. The molecule has 1 saturated heterocycles. The molecular formula is C20H24BrClN2O. The van der Waals surface area contributed by atoms with Crippen LogP contribution in [0.3, 0.4) is 0 Å². The predicted molar refractivity (Wildman–Crippen MR) is 107 cm³/mol. The Labute approximate surface area is 163 Å². The molecule has 1 fully saturated rings. The molecule has 2 aromatic carbocycles. The van der Waals surface area contributed by atoms with E-state index in [9.17, 15) is 0 Å². The quantitative estimate of drug-likeness (QED) is 0.662. The van der Waals surface area contributed by atoms with Crippen LogP contribution >= 0.6 is 27.5 Å². The second kappa shape index (κ2) is 9.04. The van der Waals surface area contributed by atoms with Crippen molar-refractivity contribution < 1.29 is 4.74 Å². The zero-order valence-corrected chi connectivity index (χ0v) is 16.9. The normalized spacial score (nSPS) is 16.1. The smallest absolute Gasteiger partial charge is 0.124 e. The van der Waals surface area contributed by atoms with Crippen LogP contribution in [0.4, 0.5) is 0 Å². The fourth-order valence-corrected chi connectivity index (χ4v) is 3.59. The summed E-state index contributed by atoms with van der Waals surface area (Å²) in [7, 11) is 0. The van der Waals surface area contributed by atoms with Gasteiger partial charge in [-0.1, -0.05) is 46.6 Å². The van der Waals surface area contributed by atoms with Crippen LogP contribution in [-0.4, -0.2) is 42.5 Å². The molecule has 5 heteroatoms. The van der Waals surface area contributed by atoms with Gasteiger partial charge < -0.3 is 9.64 Å². The first-order chi connectivity index (χ1) is 12.1. The summed E-state index contributed by atoms with van der Waals surface area (Å²) < 4.78 is 7.19. The number of hydrogen-bond acceptors (Lipinski definition) is 3. The fourth-order valence-electron chi connectivity index (χ4n) is 3.06. The highest BCUT2D eigenvalue weighted by atomic mass is 79.9. The Morgan fingerprint density at radius 2 is 1.68 bits per heavy atom. The maximum atomic E-state index is 6.10. The van der Waals surface area contributed by atoms with E-state index in [4.69, 9.17) is 16.3 Å². The average molecular weight is 424 g/mol. The number of rotatable bonds is 6. The number of benzene rings is 2. The highest BCUT2D eigenvalue weighted by Gasteiger charge is 2.17. The number of hydrogen-bond donors (Lipinski definition) is 0. The van der Waals surface area contributed by atoms with Crippen LogP contribution in [0.5, 0.6) is 5.75 Å². The van der Waals surface area contributed by atoms with Crippen molar-refractivity contribution in [1.82, 2.24) is 9.80 Å². The van der Waals surface area contributed by atoms with E-state index in [1.165, 1.54) is 5.56 Å². The molecule has 0 aliphatic carbocycles. The molecule has 0 amide bonds. The molecule has 0 atom stereocenters. The average Bonchev–Trinajstić information content (AvgIpc) is 2.63. The Balaban J connectivity index is 1.64. The van der Waals surface area contributed by atoms with Crippen LogP contribution in [0.15, 0.2) is 46.9 Å². The lowest BCUT2D eigenvalue weighted by Crippen LogP contribution is -2.45. The van der Waals surface area contributed by atoms with Crippen molar-refractivity contribution in [3.8, 4) is 5.75 Å². The van der Waals surface area contributed by atoms with Gasteiger partial charge in [0.2, 0.25) is 0 Å². The lowest BCUT2D eigenvalue weighted by atomic mass is 10.1. The van der Waals surface area contributed by atoms with E-state index in [2.05, 4.69) is 44.8 Å². The minimum atomic E-state index is 0.551. The first-order valence-corrected chi connectivity index (χ1v) is 9.91. The van der Waals surface area contributed by atoms with E-state index in [0.717, 1.165) is 60.1 Å². The first-order valence-electron chi connectivity index (χ1n) is 8.74. The van der Waals surface area contributed by atoms with Gasteiger partial charge in [-0.3, -0.25) is 4.90 Å². The summed E-state index contributed by atoms with van der Waals surface area (Å²) >= 11 is 9.53. The van der Waals surface area contributed by atoms with Crippen molar-refractivity contribution >= 4 is 27.5 Å². The summed E-state index contributed by atoms with van der Waals surface area (Å²) in [4.78, 5) is 5.00. The Kier molecular flexibility index (Phi) is 6.77. The lowest BCUT2D eigenvalue weighted by molar-refractivity contribution is 0.130. The third kappa shape index (κ3) is 5.45. The van der Waals surface area contributed by atoms with Crippen LogP contribution in [-0.2, 0) is 13.2 Å². The van der Waals surface area contributed by atoms with Gasteiger partial charge in [0.1, 0.15) is 12.4 Å². The van der Waals surface area contributed by atoms with Crippen molar-refractivity contribution in [2.45, 2.75) is 20.1 Å². The zero-order chi connectivity index (χ0) is 17.6. The molecule has 25 heavy (non-hydrogen) atoms. The molecule has 3 nitrogen and oxygen atoms in total. The number of ether oxygens (including phenoxy) is 1. The summed E-state index contributed by atoms with van der Waals surface area (Å²) in [5, 5.41) is 0.749. The zero-order valence-electron chi connectivity index (χ0n) is 14.5. The lowest BCUT2D eigenvalue weighted by Gasteiger charge is -2.34. The molecule has 1 aliphatic rings. The van der Waals surface area contributed by atoms with Crippen LogP contribution in [0.2, 0.25) is 5.02 Å². The fraction of sp³-hybridized carbons (Fsp3) is 0.400. The molecule has 0 aromatic heterocycles. The largest absolute Gasteiger partial charge is 0.489 e. The second-order valence-electron chi connectivity index (χ2n) is 6.38. The maximum Gasteiger partial charge on any atom is 0.124 e. The van der Waals surface area contributed by atoms with Gasteiger partial charge in [0, 0.05) is 47.8 Å². The summed E-state index contributed by atoms with van der Waals surface area (Å²) in [5.74, 6) is 0.955. The van der Waals surface area contributed by atoms with Crippen molar-refractivity contribution in [1.29, 1.82) is 0 Å². The minimum absolute atomic E-state index is 0.551. The summed E-state index contributed by atoms with van der Waals surface area (Å²) in [5.41, 5.74) is 2.35. The molecule has 1 heterocycles. The standard InChI is InChI=1S/C20H24BrClN2O/c1-2-23-9-11-24(12-10-23)14-17-13-18(21)5-8-20(17)25-15-16-3-6-19(22)7-4-16/h3-8,13H,2,9-12,14-15H2,1H3. The van der Waals surface area contributed by atoms with Crippen LogP contribution in [0.1, 0.15) is 18.1 Å². The van der Waals surface area contributed by atoms with Crippen LogP contribution < -0.4 is 4.74 Å². The minimum Gasteiger partial charge on any atom is -0.489 e. The summed E-state index contributed by atoms with van der Waals surface area (Å²) in [6, 6.07) is 14.1. The van der Waals surface area contributed by atoms with Crippen molar-refractivity contribution in [3.05, 3.63) is 63.1 Å².